The third kappa shape index (κ3) is 4.68. The summed E-state index contributed by atoms with van der Waals surface area (Å²) in [4.78, 5) is 10.4. The van der Waals surface area contributed by atoms with Crippen molar-refractivity contribution in [2.45, 2.75) is 5.41 Å². The number of hydrogen-bond donors (Lipinski definition) is 0. The molecule has 1 aliphatic heterocycles. The minimum atomic E-state index is -0.811. The SMILES string of the molecule is N#Cc1ccc2c(c1)c1ccccc1n2-c1ccc2c(c1)c1ccccc1n2-c1ccc2c(c1)C1(c3ccccc3O2)c2cccnc2-c2ncc(-n3c4ccccc4c4ccccc43)cc21. The Morgan fingerprint density at radius 3 is 1.57 bits per heavy atom. The Morgan fingerprint density at radius 1 is 0.388 bits per heavy atom. The number of hydrogen-bond acceptors (Lipinski definition) is 4. The zero-order valence-electron chi connectivity index (χ0n) is 35.7. The fourth-order valence-corrected chi connectivity index (χ4v) is 11.7. The molecule has 0 fully saturated rings. The van der Waals surface area contributed by atoms with E-state index in [2.05, 4.69) is 190 Å². The number of nitrogens with zero attached hydrogens (tertiary/aromatic N) is 6. The number of rotatable bonds is 3. The molecule has 0 N–H and O–H groups in total. The second kappa shape index (κ2) is 13.2. The van der Waals surface area contributed by atoms with Gasteiger partial charge in [-0.2, -0.15) is 5.26 Å². The molecule has 7 heteroatoms. The largest absolute Gasteiger partial charge is 0.457 e. The van der Waals surface area contributed by atoms with Crippen molar-refractivity contribution in [1.29, 1.82) is 5.26 Å². The second-order valence-corrected chi connectivity index (χ2v) is 17.6. The lowest BCUT2D eigenvalue weighted by Crippen LogP contribution is -2.32. The Bertz CT molecular complexity index is 4300. The predicted octanol–water partition coefficient (Wildman–Crippen LogP) is 14.1. The third-order valence-corrected chi connectivity index (χ3v) is 14.4. The van der Waals surface area contributed by atoms with Crippen LogP contribution in [0.5, 0.6) is 11.5 Å². The molecule has 0 saturated carbocycles. The number of ether oxygens (including phenoxy) is 1. The Labute approximate surface area is 383 Å². The van der Waals surface area contributed by atoms with Crippen molar-refractivity contribution in [3.63, 3.8) is 0 Å². The summed E-state index contributed by atoms with van der Waals surface area (Å²) in [7, 11) is 0. The Kier molecular flexibility index (Phi) is 7.10. The van der Waals surface area contributed by atoms with Crippen molar-refractivity contribution in [3.8, 4) is 46.0 Å². The van der Waals surface area contributed by atoms with Crippen LogP contribution in [-0.2, 0) is 5.41 Å². The molecule has 5 aromatic heterocycles. The van der Waals surface area contributed by atoms with E-state index in [1.807, 2.05) is 36.7 Å². The molecular formula is C60H34N6O. The van der Waals surface area contributed by atoms with E-state index in [0.29, 0.717) is 5.56 Å². The summed E-state index contributed by atoms with van der Waals surface area (Å²) in [6, 6.07) is 71.2. The van der Waals surface area contributed by atoms with E-state index < -0.39 is 5.41 Å². The molecule has 1 spiro atoms. The smallest absolute Gasteiger partial charge is 0.132 e. The van der Waals surface area contributed by atoms with Gasteiger partial charge in [0.1, 0.15) is 11.5 Å². The minimum Gasteiger partial charge on any atom is -0.457 e. The van der Waals surface area contributed by atoms with E-state index in [9.17, 15) is 5.26 Å². The first-order chi connectivity index (χ1) is 33.2. The van der Waals surface area contributed by atoms with Crippen LogP contribution in [0.4, 0.5) is 0 Å². The molecule has 0 saturated heterocycles. The zero-order valence-corrected chi connectivity index (χ0v) is 35.7. The Hall–Kier alpha value is -9.25. The fourth-order valence-electron chi connectivity index (χ4n) is 11.7. The van der Waals surface area contributed by atoms with Crippen LogP contribution >= 0.6 is 0 Å². The van der Waals surface area contributed by atoms with E-state index >= 15 is 0 Å². The lowest BCUT2D eigenvalue weighted by molar-refractivity contribution is 0.436. The molecule has 15 rings (SSSR count). The maximum atomic E-state index is 9.80. The highest BCUT2D eigenvalue weighted by Gasteiger charge is 2.53. The summed E-state index contributed by atoms with van der Waals surface area (Å²) in [5.74, 6) is 1.60. The van der Waals surface area contributed by atoms with Crippen LogP contribution in [0.1, 0.15) is 27.8 Å². The van der Waals surface area contributed by atoms with Crippen LogP contribution in [0.2, 0.25) is 0 Å². The molecule has 6 heterocycles. The normalized spacial score (nSPS) is 14.7. The topological polar surface area (TPSA) is 73.6 Å². The quantitative estimate of drug-likeness (QED) is 0.177. The first-order valence-corrected chi connectivity index (χ1v) is 22.5. The number of aromatic nitrogens is 5. The van der Waals surface area contributed by atoms with Crippen molar-refractivity contribution >= 4 is 65.4 Å². The van der Waals surface area contributed by atoms with Crippen molar-refractivity contribution in [1.82, 2.24) is 23.7 Å². The van der Waals surface area contributed by atoms with Gasteiger partial charge in [0.05, 0.1) is 73.4 Å². The third-order valence-electron chi connectivity index (χ3n) is 14.4. The first-order valence-electron chi connectivity index (χ1n) is 22.5. The lowest BCUT2D eigenvalue weighted by atomic mass is 9.66. The van der Waals surface area contributed by atoms with E-state index in [0.717, 1.165) is 117 Å². The molecule has 67 heavy (non-hydrogen) atoms. The monoisotopic (exact) mass is 854 g/mol. The molecular weight excluding hydrogens is 821 g/mol. The first kappa shape index (κ1) is 36.1. The number of pyridine rings is 2. The van der Waals surface area contributed by atoms with Crippen LogP contribution < -0.4 is 4.74 Å². The molecule has 0 amide bonds. The van der Waals surface area contributed by atoms with Crippen LogP contribution in [0.3, 0.4) is 0 Å². The fraction of sp³-hybridized carbons (Fsp3) is 0.0167. The minimum absolute atomic E-state index is 0.648. The van der Waals surface area contributed by atoms with Crippen LogP contribution in [0.25, 0.3) is 93.9 Å². The summed E-state index contributed by atoms with van der Waals surface area (Å²) < 4.78 is 14.0. The van der Waals surface area contributed by atoms with Gasteiger partial charge < -0.3 is 18.4 Å². The van der Waals surface area contributed by atoms with Crippen molar-refractivity contribution < 1.29 is 4.74 Å². The van der Waals surface area contributed by atoms with Gasteiger partial charge in [-0.1, -0.05) is 97.1 Å². The summed E-state index contributed by atoms with van der Waals surface area (Å²) in [6.45, 7) is 0. The molecule has 0 radical (unpaired) electrons. The van der Waals surface area contributed by atoms with Gasteiger partial charge >= 0.3 is 0 Å². The standard InChI is InChI=1S/C60H34N6O/c61-34-36-23-26-54-44(30-36)42-14-3-8-20-52(42)64(54)37-24-27-55-45(31-37)43-15-4-9-21-53(43)65(55)38-25-28-57-48(32-38)60(46-16-5-10-22-56(46)67-57)47-17-11-29-62-58(47)59-49(60)33-39(35-63-59)66-50-18-6-1-12-40(50)41-13-2-7-19-51(41)66/h1-33,35H. The highest BCUT2D eigenvalue weighted by atomic mass is 16.5. The van der Waals surface area contributed by atoms with Gasteiger partial charge in [0.25, 0.3) is 0 Å². The van der Waals surface area contributed by atoms with Gasteiger partial charge in [0.2, 0.25) is 0 Å². The summed E-state index contributed by atoms with van der Waals surface area (Å²) in [5.41, 5.74) is 15.5. The Balaban J connectivity index is 0.985. The van der Waals surface area contributed by atoms with E-state index in [1.54, 1.807) is 0 Å². The zero-order chi connectivity index (χ0) is 44.0. The number of benzene rings is 8. The summed E-state index contributed by atoms with van der Waals surface area (Å²) in [6.07, 6.45) is 3.88. The van der Waals surface area contributed by atoms with Crippen LogP contribution in [0, 0.1) is 11.3 Å². The highest BCUT2D eigenvalue weighted by Crippen LogP contribution is 2.62. The van der Waals surface area contributed by atoms with Gasteiger partial charge in [-0.05, 0) is 103 Å². The van der Waals surface area contributed by atoms with E-state index in [1.165, 1.54) is 10.8 Å². The molecule has 1 atom stereocenters. The van der Waals surface area contributed by atoms with Gasteiger partial charge in [0, 0.05) is 66.6 Å². The molecule has 1 unspecified atom stereocenters. The number of para-hydroxylation sites is 5. The summed E-state index contributed by atoms with van der Waals surface area (Å²) in [5, 5.41) is 16.7. The van der Waals surface area contributed by atoms with Crippen LogP contribution in [-0.4, -0.2) is 23.7 Å². The van der Waals surface area contributed by atoms with Crippen molar-refractivity contribution in [3.05, 3.63) is 234 Å². The van der Waals surface area contributed by atoms with Crippen LogP contribution in [0.15, 0.2) is 207 Å². The van der Waals surface area contributed by atoms with Crippen molar-refractivity contribution in [2.24, 2.45) is 0 Å². The second-order valence-electron chi connectivity index (χ2n) is 17.6. The maximum absolute atomic E-state index is 9.80. The summed E-state index contributed by atoms with van der Waals surface area (Å²) >= 11 is 0. The molecule has 0 bridgehead atoms. The van der Waals surface area contributed by atoms with Gasteiger partial charge in [-0.15, -0.1) is 0 Å². The highest BCUT2D eigenvalue weighted by molar-refractivity contribution is 6.13. The maximum Gasteiger partial charge on any atom is 0.132 e. The van der Waals surface area contributed by atoms with E-state index in [-0.39, 0.29) is 0 Å². The molecule has 310 valence electrons. The molecule has 7 nitrogen and oxygen atoms in total. The molecule has 13 aromatic rings. The lowest BCUT2D eigenvalue weighted by Gasteiger charge is -2.39. The average molecular weight is 855 g/mol. The van der Waals surface area contributed by atoms with Gasteiger partial charge in [-0.3, -0.25) is 9.97 Å². The molecule has 2 aliphatic rings. The van der Waals surface area contributed by atoms with E-state index in [4.69, 9.17) is 14.7 Å². The average Bonchev–Trinajstić information content (AvgIpc) is 4.10. The number of nitriles is 1. The van der Waals surface area contributed by atoms with Gasteiger partial charge in [-0.25, -0.2) is 0 Å². The number of fused-ring (bicyclic) bond motifs is 18. The molecule has 8 aromatic carbocycles. The molecule has 1 aliphatic carbocycles. The Morgan fingerprint density at radius 2 is 0.881 bits per heavy atom. The predicted molar refractivity (Wildman–Crippen MR) is 267 cm³/mol. The van der Waals surface area contributed by atoms with Gasteiger partial charge in [0.15, 0.2) is 0 Å². The van der Waals surface area contributed by atoms with Crippen molar-refractivity contribution in [2.75, 3.05) is 0 Å².